The van der Waals surface area contributed by atoms with Gasteiger partial charge in [-0.15, -0.1) is 11.3 Å². The van der Waals surface area contributed by atoms with E-state index < -0.39 is 12.1 Å². The highest BCUT2D eigenvalue weighted by molar-refractivity contribution is 9.11. The van der Waals surface area contributed by atoms with Crippen LogP contribution in [0.5, 0.6) is 5.75 Å². The van der Waals surface area contributed by atoms with Crippen LogP contribution in [0, 0.1) is 19.8 Å². The number of aryl methyl sites for hydroxylation is 2. The Morgan fingerprint density at radius 2 is 1.70 bits per heavy atom. The van der Waals surface area contributed by atoms with Crippen LogP contribution in [-0.2, 0) is 4.79 Å². The third-order valence-electron chi connectivity index (χ3n) is 6.29. The number of hydrogen-bond acceptors (Lipinski definition) is 3. The van der Waals surface area contributed by atoms with Gasteiger partial charge in [-0.25, -0.2) is 4.79 Å². The summed E-state index contributed by atoms with van der Waals surface area (Å²) < 4.78 is 8.44. The van der Waals surface area contributed by atoms with Gasteiger partial charge in [0.05, 0.1) is 4.70 Å². The van der Waals surface area contributed by atoms with Gasteiger partial charge in [0.15, 0.2) is 6.10 Å². The molecular formula is C28H29BrO3S. The smallest absolute Gasteiger partial charge is 0.345 e. The van der Waals surface area contributed by atoms with E-state index in [1.807, 2.05) is 31.3 Å². The fraction of sp³-hybridized carbons (Fsp3) is 0.321. The van der Waals surface area contributed by atoms with Gasteiger partial charge in [-0.1, -0.05) is 58.0 Å². The largest absolute Gasteiger partial charge is 0.478 e. The summed E-state index contributed by atoms with van der Waals surface area (Å²) in [6.45, 7) is 12.3. The summed E-state index contributed by atoms with van der Waals surface area (Å²) in [6.07, 6.45) is -0.879. The fourth-order valence-electron chi connectivity index (χ4n) is 4.40. The van der Waals surface area contributed by atoms with Gasteiger partial charge >= 0.3 is 5.97 Å². The number of rotatable bonds is 6. The SMILES string of the molecule is Cc1sc2c(Br)c3ccccc3c(-c3ccc(OC(C(=O)O)C(C)C)c(C(C)C)c3)c2c1C. The molecule has 0 saturated carbocycles. The van der Waals surface area contributed by atoms with E-state index in [9.17, 15) is 9.90 Å². The molecular weight excluding hydrogens is 496 g/mol. The number of thiophene rings is 1. The lowest BCUT2D eigenvalue weighted by Crippen LogP contribution is -2.32. The van der Waals surface area contributed by atoms with Gasteiger partial charge in [0.1, 0.15) is 5.75 Å². The average Bonchev–Trinajstić information content (AvgIpc) is 3.07. The van der Waals surface area contributed by atoms with Crippen LogP contribution in [0.1, 0.15) is 49.6 Å². The Hall–Kier alpha value is -2.37. The van der Waals surface area contributed by atoms with Gasteiger partial charge in [-0.05, 0) is 80.9 Å². The van der Waals surface area contributed by atoms with E-state index in [0.29, 0.717) is 5.75 Å². The molecule has 1 heterocycles. The highest BCUT2D eigenvalue weighted by Crippen LogP contribution is 2.47. The number of aliphatic carboxylic acids is 1. The molecule has 0 amide bonds. The fourth-order valence-corrected chi connectivity index (χ4v) is 6.31. The topological polar surface area (TPSA) is 46.5 Å². The predicted molar refractivity (Wildman–Crippen MR) is 143 cm³/mol. The van der Waals surface area contributed by atoms with Gasteiger partial charge in [0, 0.05) is 20.7 Å². The second-order valence-corrected chi connectivity index (χ2v) is 11.3. The minimum atomic E-state index is -0.936. The molecule has 4 aromatic rings. The van der Waals surface area contributed by atoms with Crippen molar-refractivity contribution in [3.8, 4) is 16.9 Å². The summed E-state index contributed by atoms with van der Waals surface area (Å²) in [5.41, 5.74) is 4.66. The van der Waals surface area contributed by atoms with Gasteiger partial charge in [0.25, 0.3) is 0 Å². The summed E-state index contributed by atoms with van der Waals surface area (Å²) >= 11 is 5.70. The standard InChI is InChI=1S/C28H29BrO3S/c1-14(2)21-13-18(11-12-22(21)32-26(15(3)4)28(30)31)24-19-9-7-8-10-20(19)25(29)27-23(24)16(5)17(6)33-27/h7-15,26H,1-6H3,(H,30,31). The first-order valence-electron chi connectivity index (χ1n) is 11.3. The number of ether oxygens (including phenoxy) is 1. The molecule has 33 heavy (non-hydrogen) atoms. The molecule has 0 spiro atoms. The maximum Gasteiger partial charge on any atom is 0.345 e. The monoisotopic (exact) mass is 524 g/mol. The first-order chi connectivity index (χ1) is 15.6. The quantitative estimate of drug-likeness (QED) is 0.274. The second-order valence-electron chi connectivity index (χ2n) is 9.25. The van der Waals surface area contributed by atoms with E-state index in [-0.39, 0.29) is 11.8 Å². The zero-order valence-corrected chi connectivity index (χ0v) is 22.2. The molecule has 0 radical (unpaired) electrons. The first kappa shape index (κ1) is 23.8. The van der Waals surface area contributed by atoms with Gasteiger partial charge in [-0.2, -0.15) is 0 Å². The maximum absolute atomic E-state index is 11.8. The van der Waals surface area contributed by atoms with Crippen molar-refractivity contribution >= 4 is 54.1 Å². The molecule has 3 aromatic carbocycles. The van der Waals surface area contributed by atoms with Crippen molar-refractivity contribution in [1.29, 1.82) is 0 Å². The first-order valence-corrected chi connectivity index (χ1v) is 12.9. The number of fused-ring (bicyclic) bond motifs is 2. The number of carbonyl (C=O) groups is 1. The van der Waals surface area contributed by atoms with Crippen molar-refractivity contribution < 1.29 is 14.6 Å². The molecule has 1 unspecified atom stereocenters. The van der Waals surface area contributed by atoms with Crippen molar-refractivity contribution in [1.82, 2.24) is 0 Å². The van der Waals surface area contributed by atoms with E-state index in [4.69, 9.17) is 4.74 Å². The Bertz CT molecular complexity index is 1370. The number of benzene rings is 3. The van der Waals surface area contributed by atoms with Gasteiger partial charge in [0.2, 0.25) is 0 Å². The molecule has 0 fully saturated rings. The molecule has 5 heteroatoms. The molecule has 172 valence electrons. The number of carboxylic acid groups (broad SMARTS) is 1. The third-order valence-corrected chi connectivity index (χ3v) is 8.60. The summed E-state index contributed by atoms with van der Waals surface area (Å²) in [5.74, 6) is -0.239. The zero-order valence-electron chi connectivity index (χ0n) is 19.8. The van der Waals surface area contributed by atoms with Crippen LogP contribution in [0.25, 0.3) is 32.0 Å². The van der Waals surface area contributed by atoms with Crippen molar-refractivity contribution in [2.75, 3.05) is 0 Å². The lowest BCUT2D eigenvalue weighted by Gasteiger charge is -2.23. The van der Waals surface area contributed by atoms with Gasteiger partial charge < -0.3 is 9.84 Å². The summed E-state index contributed by atoms with van der Waals surface area (Å²) in [6, 6.07) is 14.7. The molecule has 3 nitrogen and oxygen atoms in total. The summed E-state index contributed by atoms with van der Waals surface area (Å²) in [4.78, 5) is 13.1. The van der Waals surface area contributed by atoms with E-state index in [1.54, 1.807) is 0 Å². The van der Waals surface area contributed by atoms with Crippen LogP contribution in [0.3, 0.4) is 0 Å². The van der Waals surface area contributed by atoms with Crippen LogP contribution >= 0.6 is 27.3 Å². The Balaban J connectivity index is 1.99. The highest BCUT2D eigenvalue weighted by atomic mass is 79.9. The minimum absolute atomic E-state index is 0.131. The molecule has 0 bridgehead atoms. The summed E-state index contributed by atoms with van der Waals surface area (Å²) in [7, 11) is 0. The van der Waals surface area contributed by atoms with Crippen molar-refractivity contribution in [3.05, 3.63) is 62.9 Å². The van der Waals surface area contributed by atoms with E-state index in [0.717, 1.165) is 15.6 Å². The lowest BCUT2D eigenvalue weighted by molar-refractivity contribution is -0.147. The molecule has 0 aliphatic heterocycles. The van der Waals surface area contributed by atoms with Crippen molar-refractivity contribution in [3.63, 3.8) is 0 Å². The Labute approximate surface area is 207 Å². The molecule has 0 aliphatic carbocycles. The average molecular weight is 526 g/mol. The minimum Gasteiger partial charge on any atom is -0.478 e. The maximum atomic E-state index is 11.8. The van der Waals surface area contributed by atoms with Crippen molar-refractivity contribution in [2.45, 2.75) is 53.6 Å². The normalized spacial score (nSPS) is 12.8. The second kappa shape index (κ2) is 9.11. The van der Waals surface area contributed by atoms with Crippen LogP contribution < -0.4 is 4.74 Å². The van der Waals surface area contributed by atoms with Crippen LogP contribution in [0.4, 0.5) is 0 Å². The molecule has 0 saturated heterocycles. The van der Waals surface area contributed by atoms with Crippen LogP contribution in [0.15, 0.2) is 46.9 Å². The molecule has 1 atom stereocenters. The van der Waals surface area contributed by atoms with Crippen LogP contribution in [0.2, 0.25) is 0 Å². The molecule has 1 N–H and O–H groups in total. The molecule has 0 aliphatic rings. The highest BCUT2D eigenvalue weighted by Gasteiger charge is 2.26. The number of carboxylic acids is 1. The van der Waals surface area contributed by atoms with Gasteiger partial charge in [-0.3, -0.25) is 0 Å². The summed E-state index contributed by atoms with van der Waals surface area (Å²) in [5, 5.41) is 13.3. The van der Waals surface area contributed by atoms with Crippen LogP contribution in [-0.4, -0.2) is 17.2 Å². The van der Waals surface area contributed by atoms with E-state index in [2.05, 4.69) is 80.0 Å². The number of hydrogen-bond donors (Lipinski definition) is 1. The zero-order chi connectivity index (χ0) is 24.0. The Morgan fingerprint density at radius 3 is 2.30 bits per heavy atom. The number of halogens is 1. The third kappa shape index (κ3) is 4.17. The Kier molecular flexibility index (Phi) is 6.56. The Morgan fingerprint density at radius 1 is 1.03 bits per heavy atom. The predicted octanol–water partition coefficient (Wildman–Crippen LogP) is 8.71. The lowest BCUT2D eigenvalue weighted by atomic mass is 9.90. The van der Waals surface area contributed by atoms with E-state index in [1.165, 1.54) is 36.9 Å². The molecule has 1 aromatic heterocycles. The molecule has 4 rings (SSSR count). The van der Waals surface area contributed by atoms with Crippen molar-refractivity contribution in [2.24, 2.45) is 5.92 Å². The van der Waals surface area contributed by atoms with E-state index >= 15 is 0 Å².